The summed E-state index contributed by atoms with van der Waals surface area (Å²) < 4.78 is 5.32. The lowest BCUT2D eigenvalue weighted by Crippen LogP contribution is -2.08. The van der Waals surface area contributed by atoms with Gasteiger partial charge in [0.25, 0.3) is 0 Å². The Morgan fingerprint density at radius 1 is 1.50 bits per heavy atom. The van der Waals surface area contributed by atoms with Crippen molar-refractivity contribution >= 4 is 0 Å². The smallest absolute Gasteiger partial charge is 0.122 e. The lowest BCUT2D eigenvalue weighted by atomic mass is 9.95. The molecule has 0 radical (unpaired) electrons. The Morgan fingerprint density at radius 3 is 2.79 bits per heavy atom. The van der Waals surface area contributed by atoms with Crippen molar-refractivity contribution in [3.63, 3.8) is 0 Å². The molecule has 0 spiro atoms. The summed E-state index contributed by atoms with van der Waals surface area (Å²) in [7, 11) is 1.69. The topological polar surface area (TPSA) is 29.5 Å². The maximum Gasteiger partial charge on any atom is 0.122 e. The number of hydrogen-bond donors (Lipinski definition) is 1. The molecule has 76 valence electrons. The molecule has 2 rings (SSSR count). The average molecular weight is 192 g/mol. The quantitative estimate of drug-likeness (QED) is 0.793. The van der Waals surface area contributed by atoms with Crippen LogP contribution in [-0.4, -0.2) is 18.8 Å². The van der Waals surface area contributed by atoms with E-state index in [4.69, 9.17) is 9.84 Å². The van der Waals surface area contributed by atoms with Gasteiger partial charge in [-0.15, -0.1) is 0 Å². The van der Waals surface area contributed by atoms with E-state index in [2.05, 4.69) is 13.0 Å². The molecule has 2 heteroatoms. The Balaban J connectivity index is 2.33. The monoisotopic (exact) mass is 192 g/mol. The third-order valence-corrected chi connectivity index (χ3v) is 3.35. The first-order valence-electron chi connectivity index (χ1n) is 4.96. The molecule has 1 fully saturated rings. The summed E-state index contributed by atoms with van der Waals surface area (Å²) >= 11 is 0. The Kier molecular flexibility index (Phi) is 2.23. The van der Waals surface area contributed by atoms with Gasteiger partial charge in [-0.2, -0.15) is 0 Å². The van der Waals surface area contributed by atoms with Gasteiger partial charge < -0.3 is 9.84 Å². The van der Waals surface area contributed by atoms with E-state index in [1.54, 1.807) is 7.11 Å². The van der Waals surface area contributed by atoms with E-state index >= 15 is 0 Å². The number of methoxy groups -OCH3 is 1. The van der Waals surface area contributed by atoms with E-state index in [0.717, 1.165) is 12.2 Å². The number of rotatable bonds is 3. The molecule has 1 N–H and O–H groups in total. The van der Waals surface area contributed by atoms with Crippen LogP contribution in [0.15, 0.2) is 24.3 Å². The Hall–Kier alpha value is -1.02. The molecule has 1 aromatic rings. The fourth-order valence-electron chi connectivity index (χ4n) is 2.17. The van der Waals surface area contributed by atoms with Crippen molar-refractivity contribution in [2.45, 2.75) is 18.8 Å². The van der Waals surface area contributed by atoms with Crippen LogP contribution in [0.5, 0.6) is 5.75 Å². The van der Waals surface area contributed by atoms with Gasteiger partial charge in [0, 0.05) is 17.6 Å². The zero-order valence-electron chi connectivity index (χ0n) is 8.66. The summed E-state index contributed by atoms with van der Waals surface area (Å²) in [5.41, 5.74) is 1.35. The molecule has 0 aromatic heterocycles. The van der Waals surface area contributed by atoms with Gasteiger partial charge in [-0.05, 0) is 18.4 Å². The maximum atomic E-state index is 9.13. The highest BCUT2D eigenvalue weighted by Crippen LogP contribution is 2.55. The number of para-hydroxylation sites is 1. The molecule has 2 nitrogen and oxygen atoms in total. The van der Waals surface area contributed by atoms with E-state index in [9.17, 15) is 0 Å². The molecule has 1 aromatic carbocycles. The molecule has 1 saturated carbocycles. The van der Waals surface area contributed by atoms with Crippen molar-refractivity contribution in [1.82, 2.24) is 0 Å². The van der Waals surface area contributed by atoms with Gasteiger partial charge in [0.05, 0.1) is 7.11 Å². The highest BCUT2D eigenvalue weighted by atomic mass is 16.5. The summed E-state index contributed by atoms with van der Waals surface area (Å²) in [4.78, 5) is 0. The minimum atomic E-state index is 0.126. The van der Waals surface area contributed by atoms with Gasteiger partial charge in [0.15, 0.2) is 0 Å². The fraction of sp³-hybridized carbons (Fsp3) is 0.500. The molecule has 0 amide bonds. The van der Waals surface area contributed by atoms with Crippen LogP contribution in [-0.2, 0) is 5.41 Å². The minimum absolute atomic E-state index is 0.126. The summed E-state index contributed by atoms with van der Waals surface area (Å²) in [6.45, 7) is 2.46. The second kappa shape index (κ2) is 3.28. The van der Waals surface area contributed by atoms with E-state index < -0.39 is 0 Å². The van der Waals surface area contributed by atoms with Crippen LogP contribution in [0.3, 0.4) is 0 Å². The van der Waals surface area contributed by atoms with Gasteiger partial charge in [-0.25, -0.2) is 0 Å². The highest BCUT2D eigenvalue weighted by molar-refractivity contribution is 5.43. The van der Waals surface area contributed by atoms with Crippen LogP contribution in [0.4, 0.5) is 0 Å². The average Bonchev–Trinajstić information content (AvgIpc) is 2.91. The Morgan fingerprint density at radius 2 is 2.21 bits per heavy atom. The second-order valence-corrected chi connectivity index (χ2v) is 4.20. The fourth-order valence-corrected chi connectivity index (χ4v) is 2.17. The predicted molar refractivity (Wildman–Crippen MR) is 55.5 cm³/mol. The molecule has 2 unspecified atom stereocenters. The number of aliphatic hydroxyl groups excluding tert-OH is 1. The zero-order valence-corrected chi connectivity index (χ0v) is 8.66. The van der Waals surface area contributed by atoms with Crippen molar-refractivity contribution in [3.05, 3.63) is 29.8 Å². The van der Waals surface area contributed by atoms with Crippen LogP contribution in [0, 0.1) is 5.92 Å². The van der Waals surface area contributed by atoms with Crippen LogP contribution < -0.4 is 4.74 Å². The van der Waals surface area contributed by atoms with Gasteiger partial charge in [-0.3, -0.25) is 0 Å². The molecular weight excluding hydrogens is 176 g/mol. The van der Waals surface area contributed by atoms with Gasteiger partial charge in [-0.1, -0.05) is 25.1 Å². The first-order chi connectivity index (χ1) is 6.72. The van der Waals surface area contributed by atoms with Gasteiger partial charge in [0.1, 0.15) is 5.75 Å². The van der Waals surface area contributed by atoms with Crippen LogP contribution in [0.25, 0.3) is 0 Å². The van der Waals surface area contributed by atoms with E-state index in [1.807, 2.05) is 18.2 Å². The minimum Gasteiger partial charge on any atom is -0.496 e. The summed E-state index contributed by atoms with van der Waals surface area (Å²) in [6.07, 6.45) is 1.06. The Bertz CT molecular complexity index is 335. The van der Waals surface area contributed by atoms with Crippen molar-refractivity contribution in [2.75, 3.05) is 13.7 Å². The summed E-state index contributed by atoms with van der Waals surface area (Å²) in [5.74, 6) is 1.34. The highest BCUT2D eigenvalue weighted by Gasteiger charge is 2.51. The normalized spacial score (nSPS) is 30.1. The number of hydrogen-bond acceptors (Lipinski definition) is 2. The lowest BCUT2D eigenvalue weighted by molar-refractivity contribution is 0.265. The molecule has 2 atom stereocenters. The number of benzene rings is 1. The first-order valence-corrected chi connectivity index (χ1v) is 4.96. The predicted octanol–water partition coefficient (Wildman–Crippen LogP) is 1.97. The van der Waals surface area contributed by atoms with Gasteiger partial charge in [0.2, 0.25) is 0 Å². The molecule has 0 bridgehead atoms. The molecule has 1 aliphatic rings. The van der Waals surface area contributed by atoms with E-state index in [-0.39, 0.29) is 12.0 Å². The van der Waals surface area contributed by atoms with Crippen molar-refractivity contribution in [3.8, 4) is 5.75 Å². The van der Waals surface area contributed by atoms with Gasteiger partial charge >= 0.3 is 0 Å². The standard InChI is InChI=1S/C12H16O2/c1-12(7-9(12)8-13)10-5-3-4-6-11(10)14-2/h3-6,9,13H,7-8H2,1-2H3. The third-order valence-electron chi connectivity index (χ3n) is 3.35. The molecular formula is C12H16O2. The zero-order chi connectivity index (χ0) is 10.2. The van der Waals surface area contributed by atoms with Crippen molar-refractivity contribution < 1.29 is 9.84 Å². The third kappa shape index (κ3) is 1.30. The second-order valence-electron chi connectivity index (χ2n) is 4.20. The Labute approximate surface area is 84.5 Å². The molecule has 0 aliphatic heterocycles. The van der Waals surface area contributed by atoms with Crippen molar-refractivity contribution in [2.24, 2.45) is 5.92 Å². The SMILES string of the molecule is COc1ccccc1C1(C)CC1CO. The molecule has 1 aliphatic carbocycles. The molecule has 14 heavy (non-hydrogen) atoms. The van der Waals surface area contributed by atoms with E-state index in [1.165, 1.54) is 5.56 Å². The van der Waals surface area contributed by atoms with E-state index in [0.29, 0.717) is 5.92 Å². The van der Waals surface area contributed by atoms with Crippen LogP contribution >= 0.6 is 0 Å². The summed E-state index contributed by atoms with van der Waals surface area (Å²) in [5, 5.41) is 9.13. The molecule has 0 saturated heterocycles. The maximum absolute atomic E-state index is 9.13. The largest absolute Gasteiger partial charge is 0.496 e. The van der Waals surface area contributed by atoms with Crippen LogP contribution in [0.2, 0.25) is 0 Å². The lowest BCUT2D eigenvalue weighted by Gasteiger charge is -2.15. The van der Waals surface area contributed by atoms with Crippen molar-refractivity contribution in [1.29, 1.82) is 0 Å². The van der Waals surface area contributed by atoms with Crippen LogP contribution in [0.1, 0.15) is 18.9 Å². The molecule has 0 heterocycles. The number of aliphatic hydroxyl groups is 1. The number of ether oxygens (including phenoxy) is 1. The first kappa shape index (κ1) is 9.53. The summed E-state index contributed by atoms with van der Waals surface area (Å²) in [6, 6.07) is 8.07.